The molecular formula is C29H43N3O6. The van der Waals surface area contributed by atoms with E-state index in [1.165, 1.54) is 6.92 Å². The molecule has 1 heterocycles. The minimum Gasteiger partial charge on any atom is -0.445 e. The highest BCUT2D eigenvalue weighted by Gasteiger charge is 2.60. The van der Waals surface area contributed by atoms with E-state index in [0.717, 1.165) is 12.0 Å². The lowest BCUT2D eigenvalue weighted by molar-refractivity contribution is -0.186. The van der Waals surface area contributed by atoms with Crippen LogP contribution in [0.5, 0.6) is 0 Å². The molecule has 9 nitrogen and oxygen atoms in total. The Bertz CT molecular complexity index is 1030. The van der Waals surface area contributed by atoms with Gasteiger partial charge < -0.3 is 25.2 Å². The van der Waals surface area contributed by atoms with Crippen molar-refractivity contribution in [3.8, 4) is 0 Å². The quantitative estimate of drug-likeness (QED) is 0.448. The van der Waals surface area contributed by atoms with Crippen LogP contribution in [0.4, 0.5) is 10.5 Å². The van der Waals surface area contributed by atoms with Gasteiger partial charge in [0.05, 0.1) is 12.7 Å². The molecule has 3 amide bonds. The molecule has 38 heavy (non-hydrogen) atoms. The second kappa shape index (κ2) is 11.2. The SMILES string of the molecule is CC(=O)N[C@H]1CCN(C(=O)C[C@@H]2[C@H](O)CC[C@@H]3[C@](C)(CO)[C@H](OC(=O)Nc4ccc(C)cc4)CC[C@]32C)C1. The van der Waals surface area contributed by atoms with Crippen molar-refractivity contribution in [3.63, 3.8) is 0 Å². The van der Waals surface area contributed by atoms with Crippen molar-refractivity contribution in [1.29, 1.82) is 0 Å². The molecule has 0 spiro atoms. The molecule has 0 radical (unpaired) electrons. The average Bonchev–Trinajstić information content (AvgIpc) is 3.32. The van der Waals surface area contributed by atoms with Gasteiger partial charge in [-0.3, -0.25) is 14.9 Å². The molecule has 0 bridgehead atoms. The van der Waals surface area contributed by atoms with Gasteiger partial charge in [0.15, 0.2) is 0 Å². The second-order valence-electron chi connectivity index (χ2n) is 12.1. The van der Waals surface area contributed by atoms with Crippen LogP contribution in [-0.2, 0) is 14.3 Å². The maximum Gasteiger partial charge on any atom is 0.411 e. The van der Waals surface area contributed by atoms with E-state index in [1.54, 1.807) is 4.90 Å². The lowest BCUT2D eigenvalue weighted by Crippen LogP contribution is -2.61. The number of hydrogen-bond acceptors (Lipinski definition) is 6. The van der Waals surface area contributed by atoms with Gasteiger partial charge in [0.1, 0.15) is 6.10 Å². The number of carbonyl (C=O) groups excluding carboxylic acids is 3. The fourth-order valence-electron chi connectivity index (χ4n) is 7.40. The molecule has 2 saturated carbocycles. The van der Waals surface area contributed by atoms with E-state index >= 15 is 0 Å². The summed E-state index contributed by atoms with van der Waals surface area (Å²) in [7, 11) is 0. The van der Waals surface area contributed by atoms with Crippen LogP contribution >= 0.6 is 0 Å². The van der Waals surface area contributed by atoms with Gasteiger partial charge in [0.25, 0.3) is 0 Å². The lowest BCUT2D eigenvalue weighted by Gasteiger charge is -2.60. The molecule has 2 aliphatic carbocycles. The van der Waals surface area contributed by atoms with Crippen LogP contribution in [0.15, 0.2) is 24.3 Å². The Balaban J connectivity index is 1.45. The monoisotopic (exact) mass is 529 g/mol. The summed E-state index contributed by atoms with van der Waals surface area (Å²) in [5.74, 6) is -0.401. The van der Waals surface area contributed by atoms with E-state index in [4.69, 9.17) is 4.74 Å². The number of ether oxygens (including phenoxy) is 1. The van der Waals surface area contributed by atoms with E-state index in [2.05, 4.69) is 17.6 Å². The minimum atomic E-state index is -0.705. The number of amides is 3. The number of aryl methyl sites for hydroxylation is 1. The molecule has 3 fully saturated rings. The predicted molar refractivity (Wildman–Crippen MR) is 143 cm³/mol. The number of benzene rings is 1. The Morgan fingerprint density at radius 2 is 1.82 bits per heavy atom. The van der Waals surface area contributed by atoms with Gasteiger partial charge in [0.2, 0.25) is 11.8 Å². The Labute approximate surface area is 225 Å². The average molecular weight is 530 g/mol. The number of nitrogens with one attached hydrogen (secondary N) is 2. The van der Waals surface area contributed by atoms with Crippen molar-refractivity contribution in [2.75, 3.05) is 25.0 Å². The molecule has 9 heteroatoms. The van der Waals surface area contributed by atoms with E-state index in [0.29, 0.717) is 44.5 Å². The summed E-state index contributed by atoms with van der Waals surface area (Å²) in [6.07, 6.45) is 1.74. The van der Waals surface area contributed by atoms with Crippen LogP contribution in [0.3, 0.4) is 0 Å². The van der Waals surface area contributed by atoms with Gasteiger partial charge in [0, 0.05) is 43.6 Å². The molecule has 7 atom stereocenters. The number of nitrogens with zero attached hydrogens (tertiary/aromatic N) is 1. The van der Waals surface area contributed by atoms with Crippen molar-refractivity contribution < 1.29 is 29.3 Å². The van der Waals surface area contributed by atoms with Gasteiger partial charge in [-0.1, -0.05) is 31.5 Å². The Morgan fingerprint density at radius 3 is 2.47 bits per heavy atom. The third-order valence-corrected chi connectivity index (χ3v) is 9.57. The molecule has 1 aromatic carbocycles. The zero-order valence-electron chi connectivity index (χ0n) is 23.0. The molecular weight excluding hydrogens is 486 g/mol. The van der Waals surface area contributed by atoms with Crippen LogP contribution in [0.2, 0.25) is 0 Å². The normalized spacial score (nSPS) is 34.8. The summed E-state index contributed by atoms with van der Waals surface area (Å²) in [4.78, 5) is 39.3. The topological polar surface area (TPSA) is 128 Å². The van der Waals surface area contributed by atoms with E-state index in [1.807, 2.05) is 38.1 Å². The third-order valence-electron chi connectivity index (χ3n) is 9.57. The Kier molecular flexibility index (Phi) is 8.37. The summed E-state index contributed by atoms with van der Waals surface area (Å²) in [6, 6.07) is 7.44. The van der Waals surface area contributed by atoms with Crippen molar-refractivity contribution in [3.05, 3.63) is 29.8 Å². The number of rotatable bonds is 6. The number of likely N-dealkylation sites (tertiary alicyclic amines) is 1. The molecule has 1 aromatic rings. The summed E-state index contributed by atoms with van der Waals surface area (Å²) in [5.41, 5.74) is 0.639. The fourth-order valence-corrected chi connectivity index (χ4v) is 7.40. The highest BCUT2D eigenvalue weighted by Crippen LogP contribution is 2.61. The number of fused-ring (bicyclic) bond motifs is 1. The summed E-state index contributed by atoms with van der Waals surface area (Å²) in [5, 5.41) is 27.4. The molecule has 1 saturated heterocycles. The molecule has 4 rings (SSSR count). The molecule has 0 aromatic heterocycles. The summed E-state index contributed by atoms with van der Waals surface area (Å²) >= 11 is 0. The lowest BCUT2D eigenvalue weighted by atomic mass is 9.46. The maximum absolute atomic E-state index is 13.3. The van der Waals surface area contributed by atoms with Gasteiger partial charge in [-0.2, -0.15) is 0 Å². The minimum absolute atomic E-state index is 0.00896. The first kappa shape index (κ1) is 28.4. The number of carbonyl (C=O) groups is 3. The van der Waals surface area contributed by atoms with E-state index < -0.39 is 29.1 Å². The molecule has 1 aliphatic heterocycles. The third kappa shape index (κ3) is 5.69. The fraction of sp³-hybridized carbons (Fsp3) is 0.690. The first-order valence-electron chi connectivity index (χ1n) is 13.8. The number of aliphatic hydroxyl groups excluding tert-OH is 2. The van der Waals surface area contributed by atoms with Gasteiger partial charge in [-0.05, 0) is 68.4 Å². The second-order valence-corrected chi connectivity index (χ2v) is 12.1. The zero-order chi connectivity index (χ0) is 27.7. The zero-order valence-corrected chi connectivity index (χ0v) is 23.0. The first-order chi connectivity index (χ1) is 18.0. The van der Waals surface area contributed by atoms with Gasteiger partial charge >= 0.3 is 6.09 Å². The van der Waals surface area contributed by atoms with E-state index in [-0.39, 0.29) is 42.7 Å². The van der Waals surface area contributed by atoms with Gasteiger partial charge in [-0.25, -0.2) is 4.79 Å². The number of anilines is 1. The van der Waals surface area contributed by atoms with Crippen LogP contribution in [-0.4, -0.2) is 71.0 Å². The van der Waals surface area contributed by atoms with Crippen LogP contribution in [0.1, 0.15) is 64.9 Å². The predicted octanol–water partition coefficient (Wildman–Crippen LogP) is 3.23. The number of hydrogen-bond donors (Lipinski definition) is 4. The van der Waals surface area contributed by atoms with Gasteiger partial charge in [-0.15, -0.1) is 0 Å². The first-order valence-corrected chi connectivity index (χ1v) is 13.8. The smallest absolute Gasteiger partial charge is 0.411 e. The van der Waals surface area contributed by atoms with E-state index in [9.17, 15) is 24.6 Å². The van der Waals surface area contributed by atoms with Crippen molar-refractivity contribution in [2.24, 2.45) is 22.7 Å². The van der Waals surface area contributed by atoms with Crippen molar-refractivity contribution in [1.82, 2.24) is 10.2 Å². The Hall–Kier alpha value is -2.65. The van der Waals surface area contributed by atoms with Crippen LogP contribution in [0.25, 0.3) is 0 Å². The van der Waals surface area contributed by atoms with Crippen molar-refractivity contribution >= 4 is 23.6 Å². The molecule has 3 aliphatic rings. The molecule has 0 unspecified atom stereocenters. The highest BCUT2D eigenvalue weighted by atomic mass is 16.6. The molecule has 4 N–H and O–H groups in total. The Morgan fingerprint density at radius 1 is 1.11 bits per heavy atom. The van der Waals surface area contributed by atoms with Crippen LogP contribution in [0, 0.1) is 29.6 Å². The highest BCUT2D eigenvalue weighted by molar-refractivity contribution is 5.84. The number of aliphatic hydroxyl groups is 2. The van der Waals surface area contributed by atoms with Crippen molar-refractivity contribution in [2.45, 2.75) is 84.5 Å². The molecule has 210 valence electrons. The summed E-state index contributed by atoms with van der Waals surface area (Å²) < 4.78 is 5.91. The van der Waals surface area contributed by atoms with Crippen LogP contribution < -0.4 is 10.6 Å². The maximum atomic E-state index is 13.3. The standard InChI is InChI=1S/C29H43N3O6/c1-18-5-7-20(8-6-18)31-27(37)38-25-11-13-28(3)22(23(35)9-10-24(28)29(25,4)17-33)15-26(36)32-14-12-21(16-32)30-19(2)34/h5-8,21-25,33,35H,9-17H2,1-4H3,(H,30,34)(H,31,37)/t21-,22+,23+,24-,25+,28-,29-/m0/s1. The largest absolute Gasteiger partial charge is 0.445 e. The summed E-state index contributed by atoms with van der Waals surface area (Å²) in [6.45, 7) is 8.47.